The van der Waals surface area contributed by atoms with Crippen LogP contribution in [0.25, 0.3) is 16.7 Å². The van der Waals surface area contributed by atoms with Gasteiger partial charge in [0.1, 0.15) is 28.6 Å². The molecule has 0 aliphatic heterocycles. The molecular weight excluding hydrogens is 414 g/mol. The van der Waals surface area contributed by atoms with Gasteiger partial charge in [-0.25, -0.2) is 0 Å². The number of hydrogen-bond donors (Lipinski definition) is 1. The van der Waals surface area contributed by atoms with Gasteiger partial charge >= 0.3 is 5.97 Å². The average Bonchev–Trinajstić information content (AvgIpc) is 3.21. The van der Waals surface area contributed by atoms with E-state index in [0.717, 1.165) is 22.2 Å². The summed E-state index contributed by atoms with van der Waals surface area (Å²) in [4.78, 5) is 13.5. The second-order valence-corrected chi connectivity index (χ2v) is 8.08. The number of carbonyl (C=O) groups excluding carboxylic acids is 1. The van der Waals surface area contributed by atoms with Crippen LogP contribution in [-0.2, 0) is 21.4 Å². The molecule has 1 aromatic heterocycles. The zero-order chi connectivity index (χ0) is 23.8. The van der Waals surface area contributed by atoms with Crippen molar-refractivity contribution in [1.82, 2.24) is 15.0 Å². The highest BCUT2D eigenvalue weighted by Gasteiger charge is 2.23. The van der Waals surface area contributed by atoms with Crippen LogP contribution in [0, 0.1) is 48.1 Å². The van der Waals surface area contributed by atoms with Gasteiger partial charge in [0, 0.05) is 23.3 Å². The van der Waals surface area contributed by atoms with Crippen molar-refractivity contribution >= 4 is 17.0 Å². The van der Waals surface area contributed by atoms with Crippen molar-refractivity contribution in [2.45, 2.75) is 39.0 Å². The number of nitrogens with zero attached hydrogens (tertiary/aromatic N) is 3. The second kappa shape index (κ2) is 10.1. The number of phenolic OH excluding ortho intramolecular Hbond substituents is 1. The first-order valence-corrected chi connectivity index (χ1v) is 10.1. The number of aryl methyl sites for hydroxylation is 1. The van der Waals surface area contributed by atoms with Gasteiger partial charge in [0.15, 0.2) is 0 Å². The highest BCUT2D eigenvalue weighted by molar-refractivity contribution is 5.74. The molecule has 0 spiro atoms. The third-order valence-electron chi connectivity index (χ3n) is 4.62. The molecule has 0 unspecified atom stereocenters. The molecular formula is C27H21N3O3. The van der Waals surface area contributed by atoms with Gasteiger partial charge in [-0.3, -0.25) is 4.79 Å². The summed E-state index contributed by atoms with van der Waals surface area (Å²) in [7, 11) is 0. The van der Waals surface area contributed by atoms with Crippen molar-refractivity contribution in [3.8, 4) is 59.5 Å². The Balaban J connectivity index is 1.83. The summed E-state index contributed by atoms with van der Waals surface area (Å²) in [5.41, 5.74) is 3.11. The fourth-order valence-corrected chi connectivity index (χ4v) is 3.05. The molecule has 0 aliphatic rings. The third-order valence-corrected chi connectivity index (χ3v) is 4.62. The summed E-state index contributed by atoms with van der Waals surface area (Å²) in [6.45, 7) is 6.00. The maximum atomic E-state index is 12.1. The minimum Gasteiger partial charge on any atom is -0.505 e. The summed E-state index contributed by atoms with van der Waals surface area (Å²) >= 11 is 0. The summed E-state index contributed by atoms with van der Waals surface area (Å²) < 4.78 is 4.88. The largest absolute Gasteiger partial charge is 0.505 e. The molecule has 6 heteroatoms. The molecule has 1 N–H and O–H groups in total. The average molecular weight is 435 g/mol. The number of rotatable bonds is 4. The zero-order valence-electron chi connectivity index (χ0n) is 18.6. The fourth-order valence-electron chi connectivity index (χ4n) is 3.05. The number of aromatic nitrogens is 3. The summed E-state index contributed by atoms with van der Waals surface area (Å²) in [5, 5.41) is 19.9. The van der Waals surface area contributed by atoms with Crippen LogP contribution in [0.15, 0.2) is 36.4 Å². The van der Waals surface area contributed by atoms with Crippen molar-refractivity contribution in [2.75, 3.05) is 0 Å². The van der Waals surface area contributed by atoms with E-state index in [0.29, 0.717) is 12.1 Å². The van der Waals surface area contributed by atoms with Crippen molar-refractivity contribution in [2.24, 2.45) is 0 Å². The number of esters is 1. The Morgan fingerprint density at radius 2 is 1.70 bits per heavy atom. The Morgan fingerprint density at radius 1 is 1.06 bits per heavy atom. The van der Waals surface area contributed by atoms with E-state index in [9.17, 15) is 9.90 Å². The molecule has 0 amide bonds. The SMILES string of the molecule is C#CC#CC#CC#COC(=O)CCc1cc(-n2nc3ccccc3n2)c(O)c(C(C)(C)C)c1. The predicted octanol–water partition coefficient (Wildman–Crippen LogP) is 3.50. The van der Waals surface area contributed by atoms with Gasteiger partial charge in [-0.05, 0) is 53.4 Å². The molecule has 0 radical (unpaired) electrons. The number of phenols is 1. The van der Waals surface area contributed by atoms with E-state index in [1.807, 2.05) is 51.1 Å². The summed E-state index contributed by atoms with van der Waals surface area (Å²) in [6.07, 6.45) is 7.70. The Morgan fingerprint density at radius 3 is 2.33 bits per heavy atom. The fraction of sp³-hybridized carbons (Fsp3) is 0.222. The van der Waals surface area contributed by atoms with E-state index >= 15 is 0 Å². The Bertz CT molecular complexity index is 1400. The number of terminal acetylenes is 1. The molecule has 0 bridgehead atoms. The molecule has 3 aromatic rings. The number of hydrogen-bond acceptors (Lipinski definition) is 5. The normalized spacial score (nSPS) is 10.0. The van der Waals surface area contributed by atoms with Crippen molar-refractivity contribution in [3.05, 3.63) is 47.5 Å². The lowest BCUT2D eigenvalue weighted by atomic mass is 9.84. The van der Waals surface area contributed by atoms with E-state index in [1.165, 1.54) is 4.80 Å². The third kappa shape index (κ3) is 5.95. The van der Waals surface area contributed by atoms with Crippen LogP contribution in [-0.4, -0.2) is 26.1 Å². The molecule has 6 nitrogen and oxygen atoms in total. The minimum atomic E-state index is -0.492. The van der Waals surface area contributed by atoms with Gasteiger partial charge in [0.05, 0.1) is 6.42 Å². The van der Waals surface area contributed by atoms with E-state index in [2.05, 4.69) is 51.8 Å². The van der Waals surface area contributed by atoms with E-state index in [1.54, 1.807) is 6.07 Å². The lowest BCUT2D eigenvalue weighted by Crippen LogP contribution is -2.14. The Kier molecular flexibility index (Phi) is 7.05. The molecule has 0 saturated carbocycles. The monoisotopic (exact) mass is 435 g/mol. The Labute approximate surface area is 193 Å². The summed E-state index contributed by atoms with van der Waals surface area (Å²) in [5.74, 6) is 13.7. The van der Waals surface area contributed by atoms with Crippen LogP contribution in [0.3, 0.4) is 0 Å². The highest BCUT2D eigenvalue weighted by Crippen LogP contribution is 2.36. The topological polar surface area (TPSA) is 77.2 Å². The van der Waals surface area contributed by atoms with E-state index in [-0.39, 0.29) is 17.6 Å². The van der Waals surface area contributed by atoms with Crippen LogP contribution in [0.1, 0.15) is 38.3 Å². The number of fused-ring (bicyclic) bond motifs is 1. The van der Waals surface area contributed by atoms with Crippen molar-refractivity contribution in [3.63, 3.8) is 0 Å². The van der Waals surface area contributed by atoms with Gasteiger partial charge in [0.2, 0.25) is 0 Å². The maximum Gasteiger partial charge on any atom is 0.320 e. The molecule has 0 fully saturated rings. The van der Waals surface area contributed by atoms with Crippen LogP contribution in [0.2, 0.25) is 0 Å². The zero-order valence-corrected chi connectivity index (χ0v) is 18.6. The minimum absolute atomic E-state index is 0.0985. The first-order chi connectivity index (χ1) is 15.8. The first-order valence-electron chi connectivity index (χ1n) is 10.1. The van der Waals surface area contributed by atoms with Crippen LogP contribution >= 0.6 is 0 Å². The van der Waals surface area contributed by atoms with E-state index < -0.39 is 5.97 Å². The predicted molar refractivity (Wildman–Crippen MR) is 126 cm³/mol. The highest BCUT2D eigenvalue weighted by atomic mass is 16.5. The van der Waals surface area contributed by atoms with E-state index in [4.69, 9.17) is 11.2 Å². The Hall–Kier alpha value is -4.65. The molecule has 3 rings (SSSR count). The van der Waals surface area contributed by atoms with Gasteiger partial charge in [-0.2, -0.15) is 0 Å². The smallest absolute Gasteiger partial charge is 0.320 e. The lowest BCUT2D eigenvalue weighted by molar-refractivity contribution is -0.136. The number of carbonyl (C=O) groups is 1. The van der Waals surface area contributed by atoms with Crippen molar-refractivity contribution in [1.29, 1.82) is 0 Å². The van der Waals surface area contributed by atoms with Gasteiger partial charge in [0.25, 0.3) is 0 Å². The van der Waals surface area contributed by atoms with Crippen LogP contribution in [0.5, 0.6) is 5.75 Å². The quantitative estimate of drug-likeness (QED) is 0.501. The van der Waals surface area contributed by atoms with Crippen LogP contribution in [0.4, 0.5) is 0 Å². The number of ether oxygens (including phenoxy) is 1. The van der Waals surface area contributed by atoms with Gasteiger partial charge < -0.3 is 9.84 Å². The maximum absolute atomic E-state index is 12.1. The lowest BCUT2D eigenvalue weighted by Gasteiger charge is -2.23. The van der Waals surface area contributed by atoms with Gasteiger partial charge in [-0.15, -0.1) is 21.4 Å². The number of benzene rings is 2. The number of aromatic hydroxyl groups is 1. The molecule has 0 atom stereocenters. The summed E-state index contributed by atoms with van der Waals surface area (Å²) in [6, 6.07) is 11.1. The molecule has 162 valence electrons. The molecule has 33 heavy (non-hydrogen) atoms. The second-order valence-electron chi connectivity index (χ2n) is 8.08. The van der Waals surface area contributed by atoms with Crippen LogP contribution < -0.4 is 0 Å². The molecule has 0 saturated heterocycles. The first kappa shape index (κ1) is 23.0. The van der Waals surface area contributed by atoms with Gasteiger partial charge in [-0.1, -0.05) is 39.0 Å². The molecule has 1 heterocycles. The van der Waals surface area contributed by atoms with Crippen molar-refractivity contribution < 1.29 is 14.6 Å². The molecule has 2 aromatic carbocycles. The standard InChI is InChI=1S/C27H21N3O3/c1-5-6-7-8-9-12-17-33-25(31)16-15-20-18-21(27(2,3)4)26(32)24(19-20)30-28-22-13-10-11-14-23(22)29-30/h1,10-11,13-14,18-19,32H,15-16H2,2-4H3. The molecule has 0 aliphatic carbocycles.